The van der Waals surface area contributed by atoms with Crippen molar-refractivity contribution in [3.05, 3.63) is 65.7 Å². The van der Waals surface area contributed by atoms with E-state index in [1.54, 1.807) is 4.90 Å². The van der Waals surface area contributed by atoms with E-state index in [0.29, 0.717) is 12.1 Å². The van der Waals surface area contributed by atoms with Gasteiger partial charge in [-0.1, -0.05) is 30.3 Å². The lowest BCUT2D eigenvalue weighted by Gasteiger charge is -2.17. The minimum absolute atomic E-state index is 0.0456. The number of carbonyl (C=O) groups is 1. The third kappa shape index (κ3) is 3.86. The first-order chi connectivity index (χ1) is 9.16. The Bertz CT molecular complexity index is 536. The van der Waals surface area contributed by atoms with Crippen molar-refractivity contribution in [1.29, 1.82) is 0 Å². The molecule has 3 heteroatoms. The highest BCUT2D eigenvalue weighted by Crippen LogP contribution is 2.10. The van der Waals surface area contributed by atoms with Crippen molar-refractivity contribution in [1.82, 2.24) is 4.90 Å². The molecule has 0 heterocycles. The summed E-state index contributed by atoms with van der Waals surface area (Å²) >= 11 is 4.22. The van der Waals surface area contributed by atoms with Crippen LogP contribution in [-0.2, 0) is 6.42 Å². The summed E-state index contributed by atoms with van der Waals surface area (Å²) in [5.41, 5.74) is 1.95. The van der Waals surface area contributed by atoms with Gasteiger partial charge in [0.1, 0.15) is 0 Å². The Morgan fingerprint density at radius 3 is 2.32 bits per heavy atom. The molecule has 2 aromatic rings. The fourth-order valence-electron chi connectivity index (χ4n) is 1.87. The van der Waals surface area contributed by atoms with Crippen LogP contribution in [-0.4, -0.2) is 24.4 Å². The zero-order valence-corrected chi connectivity index (χ0v) is 11.8. The van der Waals surface area contributed by atoms with Gasteiger partial charge in [-0.15, -0.1) is 12.6 Å². The average molecular weight is 271 g/mol. The summed E-state index contributed by atoms with van der Waals surface area (Å²) in [6, 6.07) is 17.5. The summed E-state index contributed by atoms with van der Waals surface area (Å²) in [7, 11) is 1.83. The van der Waals surface area contributed by atoms with Gasteiger partial charge in [-0.3, -0.25) is 4.79 Å². The summed E-state index contributed by atoms with van der Waals surface area (Å²) in [5, 5.41) is 0. The van der Waals surface area contributed by atoms with Gasteiger partial charge in [0.05, 0.1) is 0 Å². The number of rotatable bonds is 4. The maximum atomic E-state index is 12.2. The SMILES string of the molecule is CN(CCc1ccccc1)C(=O)c1ccc(S)cc1. The minimum Gasteiger partial charge on any atom is -0.341 e. The number of hydrogen-bond donors (Lipinski definition) is 1. The zero-order valence-electron chi connectivity index (χ0n) is 10.9. The largest absolute Gasteiger partial charge is 0.341 e. The van der Waals surface area contributed by atoms with Crippen LogP contribution in [0.4, 0.5) is 0 Å². The number of amides is 1. The standard InChI is InChI=1S/C16H17NOS/c1-17(12-11-13-5-3-2-4-6-13)16(18)14-7-9-15(19)10-8-14/h2-10,19H,11-12H2,1H3. The second kappa shape index (κ2) is 6.43. The van der Waals surface area contributed by atoms with Gasteiger partial charge in [-0.2, -0.15) is 0 Å². The Balaban J connectivity index is 1.94. The van der Waals surface area contributed by atoms with E-state index < -0.39 is 0 Å². The normalized spacial score (nSPS) is 10.2. The van der Waals surface area contributed by atoms with Gasteiger partial charge in [-0.25, -0.2) is 0 Å². The van der Waals surface area contributed by atoms with Crippen molar-refractivity contribution in [3.63, 3.8) is 0 Å². The van der Waals surface area contributed by atoms with Gasteiger partial charge in [-0.05, 0) is 36.2 Å². The van der Waals surface area contributed by atoms with Crippen molar-refractivity contribution in [2.45, 2.75) is 11.3 Å². The molecule has 0 aliphatic heterocycles. The van der Waals surface area contributed by atoms with Crippen molar-refractivity contribution in [2.75, 3.05) is 13.6 Å². The van der Waals surface area contributed by atoms with Gasteiger partial charge in [0.2, 0.25) is 0 Å². The van der Waals surface area contributed by atoms with Gasteiger partial charge < -0.3 is 4.90 Å². The van der Waals surface area contributed by atoms with Crippen molar-refractivity contribution >= 4 is 18.5 Å². The summed E-state index contributed by atoms with van der Waals surface area (Å²) < 4.78 is 0. The summed E-state index contributed by atoms with van der Waals surface area (Å²) in [5.74, 6) is 0.0456. The monoisotopic (exact) mass is 271 g/mol. The second-order valence-corrected chi connectivity index (χ2v) is 5.03. The molecule has 0 saturated carbocycles. The Labute approximate surface area is 119 Å². The molecule has 0 spiro atoms. The molecular formula is C16H17NOS. The molecule has 0 N–H and O–H groups in total. The first-order valence-electron chi connectivity index (χ1n) is 6.25. The number of carbonyl (C=O) groups excluding carboxylic acids is 1. The molecule has 1 amide bonds. The second-order valence-electron chi connectivity index (χ2n) is 4.51. The van der Waals surface area contributed by atoms with Crippen LogP contribution in [0.15, 0.2) is 59.5 Å². The third-order valence-electron chi connectivity index (χ3n) is 3.04. The lowest BCUT2D eigenvalue weighted by atomic mass is 10.1. The highest BCUT2D eigenvalue weighted by atomic mass is 32.1. The zero-order chi connectivity index (χ0) is 13.7. The van der Waals surface area contributed by atoms with E-state index in [1.807, 2.05) is 49.5 Å². The predicted molar refractivity (Wildman–Crippen MR) is 80.8 cm³/mol. The fraction of sp³-hybridized carbons (Fsp3) is 0.188. The summed E-state index contributed by atoms with van der Waals surface area (Å²) in [6.45, 7) is 0.714. The van der Waals surface area contributed by atoms with Crippen molar-refractivity contribution in [2.24, 2.45) is 0 Å². The smallest absolute Gasteiger partial charge is 0.253 e. The Kier molecular flexibility index (Phi) is 4.63. The lowest BCUT2D eigenvalue weighted by Crippen LogP contribution is -2.28. The van der Waals surface area contributed by atoms with Gasteiger partial charge in [0, 0.05) is 24.1 Å². The fourth-order valence-corrected chi connectivity index (χ4v) is 2.02. The van der Waals surface area contributed by atoms with Crippen molar-refractivity contribution in [3.8, 4) is 0 Å². The molecule has 0 atom stereocenters. The topological polar surface area (TPSA) is 20.3 Å². The van der Waals surface area contributed by atoms with E-state index in [4.69, 9.17) is 0 Å². The molecule has 0 saturated heterocycles. The molecule has 19 heavy (non-hydrogen) atoms. The molecule has 0 radical (unpaired) electrons. The molecule has 2 nitrogen and oxygen atoms in total. The van der Waals surface area contributed by atoms with Gasteiger partial charge in [0.25, 0.3) is 5.91 Å². The Morgan fingerprint density at radius 2 is 1.68 bits per heavy atom. The van der Waals surface area contributed by atoms with Crippen LogP contribution in [0.2, 0.25) is 0 Å². The van der Waals surface area contributed by atoms with Crippen LogP contribution in [0.5, 0.6) is 0 Å². The maximum absolute atomic E-state index is 12.2. The molecule has 98 valence electrons. The minimum atomic E-state index is 0.0456. The van der Waals surface area contributed by atoms with Crippen molar-refractivity contribution < 1.29 is 4.79 Å². The number of nitrogens with zero attached hydrogens (tertiary/aromatic N) is 1. The summed E-state index contributed by atoms with van der Waals surface area (Å²) in [4.78, 5) is 14.8. The number of thiol groups is 1. The van der Waals surface area contributed by atoms with E-state index in [2.05, 4.69) is 24.8 Å². The van der Waals surface area contributed by atoms with Crippen LogP contribution in [0.1, 0.15) is 15.9 Å². The molecule has 2 aromatic carbocycles. The molecule has 0 unspecified atom stereocenters. The highest BCUT2D eigenvalue weighted by molar-refractivity contribution is 7.80. The predicted octanol–water partition coefficient (Wildman–Crippen LogP) is 3.29. The highest BCUT2D eigenvalue weighted by Gasteiger charge is 2.10. The van der Waals surface area contributed by atoms with E-state index >= 15 is 0 Å². The van der Waals surface area contributed by atoms with Crippen LogP contribution >= 0.6 is 12.6 Å². The van der Waals surface area contributed by atoms with Crippen LogP contribution in [0, 0.1) is 0 Å². The first kappa shape index (κ1) is 13.7. The molecule has 0 bridgehead atoms. The molecule has 0 aliphatic rings. The molecule has 0 aliphatic carbocycles. The van der Waals surface area contributed by atoms with Crippen LogP contribution in [0.25, 0.3) is 0 Å². The first-order valence-corrected chi connectivity index (χ1v) is 6.70. The molecule has 0 aromatic heterocycles. The molecular weight excluding hydrogens is 254 g/mol. The molecule has 2 rings (SSSR count). The van der Waals surface area contributed by atoms with Crippen LogP contribution in [0.3, 0.4) is 0 Å². The summed E-state index contributed by atoms with van der Waals surface area (Å²) in [6.07, 6.45) is 0.869. The number of likely N-dealkylation sites (N-methyl/N-ethyl adjacent to an activating group) is 1. The third-order valence-corrected chi connectivity index (χ3v) is 3.34. The Hall–Kier alpha value is -1.74. The maximum Gasteiger partial charge on any atom is 0.253 e. The average Bonchev–Trinajstić information content (AvgIpc) is 2.46. The quantitative estimate of drug-likeness (QED) is 0.846. The van der Waals surface area contributed by atoms with Gasteiger partial charge in [0.15, 0.2) is 0 Å². The lowest BCUT2D eigenvalue weighted by molar-refractivity contribution is 0.0796. The van der Waals surface area contributed by atoms with E-state index in [1.165, 1.54) is 5.56 Å². The molecule has 0 fully saturated rings. The van der Waals surface area contributed by atoms with E-state index in [0.717, 1.165) is 11.3 Å². The van der Waals surface area contributed by atoms with E-state index in [-0.39, 0.29) is 5.91 Å². The van der Waals surface area contributed by atoms with Crippen LogP contribution < -0.4 is 0 Å². The Morgan fingerprint density at radius 1 is 1.05 bits per heavy atom. The number of hydrogen-bond acceptors (Lipinski definition) is 2. The van der Waals surface area contributed by atoms with Gasteiger partial charge >= 0.3 is 0 Å². The van der Waals surface area contributed by atoms with E-state index in [9.17, 15) is 4.79 Å². The number of benzene rings is 2.